The first kappa shape index (κ1) is 25.8. The number of amides is 2. The molecule has 0 fully saturated rings. The Hall–Kier alpha value is -4.83. The molecule has 0 bridgehead atoms. The largest absolute Gasteiger partial charge is 0.452 e. The van der Waals surface area contributed by atoms with Gasteiger partial charge in [-0.3, -0.25) is 34.2 Å². The lowest BCUT2D eigenvalue weighted by molar-refractivity contribution is -0.385. The summed E-state index contributed by atoms with van der Waals surface area (Å²) in [7, 11) is 0. The Labute approximate surface area is 225 Å². The number of imide groups is 1. The molecule has 196 valence electrons. The Morgan fingerprint density at radius 1 is 1.05 bits per heavy atom. The first-order chi connectivity index (χ1) is 18.6. The molecule has 11 heteroatoms. The van der Waals surface area contributed by atoms with Crippen LogP contribution in [0.3, 0.4) is 0 Å². The van der Waals surface area contributed by atoms with Gasteiger partial charge in [-0.05, 0) is 37.6 Å². The smallest absolute Gasteiger partial charge is 0.313 e. The molecule has 0 spiro atoms. The summed E-state index contributed by atoms with van der Waals surface area (Å²) in [6.45, 7) is 3.24. The summed E-state index contributed by atoms with van der Waals surface area (Å²) in [6, 6.07) is 13.8. The van der Waals surface area contributed by atoms with Gasteiger partial charge in [0.05, 0.1) is 22.3 Å². The molecule has 1 aliphatic heterocycles. The number of nitro benzene ring substituents is 1. The van der Waals surface area contributed by atoms with Crippen LogP contribution in [0.1, 0.15) is 38.3 Å². The number of halogens is 1. The molecule has 0 unspecified atom stereocenters. The maximum absolute atomic E-state index is 13.4. The number of ether oxygens (including phenoxy) is 1. The molecular formula is C28H19ClN2O8. The van der Waals surface area contributed by atoms with Crippen LogP contribution in [0.2, 0.25) is 5.02 Å². The minimum atomic E-state index is -0.917. The SMILES string of the molecule is Cc1ccc(-c2oc3cc(C)c(Cl)cc3c(=O)c2OC(=O)CCN2C(=O)c3cccc([N+](=O)[O-])c3C2=O)cc1. The van der Waals surface area contributed by atoms with Gasteiger partial charge in [-0.15, -0.1) is 0 Å². The average molecular weight is 547 g/mol. The van der Waals surface area contributed by atoms with E-state index in [1.54, 1.807) is 37.3 Å². The molecule has 0 radical (unpaired) electrons. The third-order valence-corrected chi connectivity index (χ3v) is 6.78. The van der Waals surface area contributed by atoms with E-state index in [2.05, 4.69) is 0 Å². The van der Waals surface area contributed by atoms with Gasteiger partial charge in [-0.2, -0.15) is 0 Å². The van der Waals surface area contributed by atoms with Crippen LogP contribution in [0.15, 0.2) is 63.8 Å². The number of rotatable bonds is 6. The average Bonchev–Trinajstić information content (AvgIpc) is 3.15. The van der Waals surface area contributed by atoms with Crippen LogP contribution in [-0.4, -0.2) is 34.2 Å². The molecule has 4 aromatic rings. The van der Waals surface area contributed by atoms with Crippen molar-refractivity contribution in [1.82, 2.24) is 4.90 Å². The lowest BCUT2D eigenvalue weighted by atomic mass is 10.1. The predicted molar refractivity (Wildman–Crippen MR) is 141 cm³/mol. The molecular weight excluding hydrogens is 528 g/mol. The van der Waals surface area contributed by atoms with Crippen molar-refractivity contribution in [3.63, 3.8) is 0 Å². The molecule has 2 heterocycles. The third-order valence-electron chi connectivity index (χ3n) is 6.37. The van der Waals surface area contributed by atoms with Crippen LogP contribution >= 0.6 is 11.6 Å². The van der Waals surface area contributed by atoms with Crippen molar-refractivity contribution < 1.29 is 28.5 Å². The second-order valence-electron chi connectivity index (χ2n) is 9.00. The minimum absolute atomic E-state index is 0.0268. The molecule has 5 rings (SSSR count). The Morgan fingerprint density at radius 3 is 2.46 bits per heavy atom. The predicted octanol–water partition coefficient (Wildman–Crippen LogP) is 5.23. The van der Waals surface area contributed by atoms with Gasteiger partial charge in [0.2, 0.25) is 11.2 Å². The quantitative estimate of drug-likeness (QED) is 0.139. The van der Waals surface area contributed by atoms with E-state index in [0.29, 0.717) is 16.1 Å². The molecule has 0 saturated carbocycles. The van der Waals surface area contributed by atoms with Crippen LogP contribution in [0.25, 0.3) is 22.3 Å². The van der Waals surface area contributed by atoms with E-state index < -0.39 is 46.8 Å². The van der Waals surface area contributed by atoms with Crippen molar-refractivity contribution in [2.24, 2.45) is 0 Å². The van der Waals surface area contributed by atoms with Crippen molar-refractivity contribution in [2.45, 2.75) is 20.3 Å². The van der Waals surface area contributed by atoms with Gasteiger partial charge in [0.15, 0.2) is 5.76 Å². The van der Waals surface area contributed by atoms with E-state index in [1.165, 1.54) is 18.2 Å². The second-order valence-corrected chi connectivity index (χ2v) is 9.40. The summed E-state index contributed by atoms with van der Waals surface area (Å²) in [4.78, 5) is 63.2. The maximum Gasteiger partial charge on any atom is 0.313 e. The van der Waals surface area contributed by atoms with Crippen LogP contribution in [0.5, 0.6) is 5.75 Å². The molecule has 0 N–H and O–H groups in total. The number of nitrogens with zero attached hydrogens (tertiary/aromatic N) is 2. The van der Waals surface area contributed by atoms with Crippen molar-refractivity contribution in [3.8, 4) is 17.1 Å². The fourth-order valence-electron chi connectivity index (χ4n) is 4.33. The van der Waals surface area contributed by atoms with E-state index in [0.717, 1.165) is 16.5 Å². The molecule has 10 nitrogen and oxygen atoms in total. The van der Waals surface area contributed by atoms with Crippen molar-refractivity contribution >= 4 is 46.0 Å². The van der Waals surface area contributed by atoms with Gasteiger partial charge in [0.25, 0.3) is 17.5 Å². The zero-order chi connectivity index (χ0) is 28.0. The van der Waals surface area contributed by atoms with Crippen LogP contribution < -0.4 is 10.2 Å². The van der Waals surface area contributed by atoms with Crippen LogP contribution in [-0.2, 0) is 4.79 Å². The number of hydrogen-bond acceptors (Lipinski definition) is 8. The first-order valence-electron chi connectivity index (χ1n) is 11.7. The highest BCUT2D eigenvalue weighted by Gasteiger charge is 2.41. The number of nitro groups is 1. The zero-order valence-electron chi connectivity index (χ0n) is 20.6. The fourth-order valence-corrected chi connectivity index (χ4v) is 4.49. The Morgan fingerprint density at radius 2 is 1.77 bits per heavy atom. The molecule has 39 heavy (non-hydrogen) atoms. The van der Waals surface area contributed by atoms with Gasteiger partial charge in [-0.1, -0.05) is 47.5 Å². The van der Waals surface area contributed by atoms with Crippen molar-refractivity contribution in [2.75, 3.05) is 6.54 Å². The molecule has 0 saturated heterocycles. The standard InChI is InChI=1S/C28H19ClN2O8/c1-14-6-8-16(9-7-14)25-26(24(33)18-13-19(29)15(2)12-21(18)38-25)39-22(32)10-11-30-27(34)17-4-3-5-20(31(36)37)23(17)28(30)35/h3-9,12-13H,10-11H2,1-2H3. The Bertz CT molecular complexity index is 1780. The minimum Gasteiger partial charge on any atom is -0.452 e. The Kier molecular flexibility index (Phi) is 6.49. The van der Waals surface area contributed by atoms with Gasteiger partial charge in [0.1, 0.15) is 11.1 Å². The summed E-state index contributed by atoms with van der Waals surface area (Å²) in [6.07, 6.45) is -0.473. The number of hydrogen-bond donors (Lipinski definition) is 0. The lowest BCUT2D eigenvalue weighted by Crippen LogP contribution is -2.33. The number of aryl methyl sites for hydroxylation is 2. The number of esters is 1. The zero-order valence-corrected chi connectivity index (χ0v) is 21.4. The number of benzene rings is 3. The summed E-state index contributed by atoms with van der Waals surface area (Å²) < 4.78 is 11.5. The molecule has 1 aromatic heterocycles. The van der Waals surface area contributed by atoms with Crippen molar-refractivity contribution in [1.29, 1.82) is 0 Å². The second kappa shape index (κ2) is 9.80. The lowest BCUT2D eigenvalue weighted by Gasteiger charge is -2.14. The fraction of sp³-hybridized carbons (Fsp3) is 0.143. The molecule has 0 aliphatic carbocycles. The summed E-state index contributed by atoms with van der Waals surface area (Å²) in [5.41, 5.74) is 0.820. The normalized spacial score (nSPS) is 12.6. The van der Waals surface area contributed by atoms with Gasteiger partial charge >= 0.3 is 5.97 Å². The van der Waals surface area contributed by atoms with Crippen LogP contribution in [0, 0.1) is 24.0 Å². The maximum atomic E-state index is 13.4. The number of carbonyl (C=O) groups excluding carboxylic acids is 3. The topological polar surface area (TPSA) is 137 Å². The van der Waals surface area contributed by atoms with Gasteiger partial charge in [0, 0.05) is 23.2 Å². The van der Waals surface area contributed by atoms with E-state index in [4.69, 9.17) is 20.8 Å². The van der Waals surface area contributed by atoms with E-state index in [-0.39, 0.29) is 33.6 Å². The summed E-state index contributed by atoms with van der Waals surface area (Å²) in [5, 5.41) is 11.8. The highest BCUT2D eigenvalue weighted by atomic mass is 35.5. The molecule has 1 aliphatic rings. The Balaban J connectivity index is 1.45. The highest BCUT2D eigenvalue weighted by Crippen LogP contribution is 2.34. The van der Waals surface area contributed by atoms with E-state index in [1.807, 2.05) is 6.92 Å². The van der Waals surface area contributed by atoms with Crippen molar-refractivity contribution in [3.05, 3.63) is 102 Å². The highest BCUT2D eigenvalue weighted by molar-refractivity contribution is 6.32. The van der Waals surface area contributed by atoms with Gasteiger partial charge < -0.3 is 9.15 Å². The first-order valence-corrected chi connectivity index (χ1v) is 12.1. The molecule has 0 atom stereocenters. The molecule has 2 amide bonds. The summed E-state index contributed by atoms with van der Waals surface area (Å²) in [5.74, 6) is -2.90. The number of fused-ring (bicyclic) bond motifs is 2. The van der Waals surface area contributed by atoms with E-state index >= 15 is 0 Å². The monoisotopic (exact) mass is 546 g/mol. The summed E-state index contributed by atoms with van der Waals surface area (Å²) >= 11 is 6.21. The third kappa shape index (κ3) is 4.55. The van der Waals surface area contributed by atoms with E-state index in [9.17, 15) is 29.3 Å². The molecule has 3 aromatic carbocycles. The van der Waals surface area contributed by atoms with Crippen LogP contribution in [0.4, 0.5) is 5.69 Å². The van der Waals surface area contributed by atoms with Gasteiger partial charge in [-0.25, -0.2) is 0 Å². The number of carbonyl (C=O) groups is 3.